The number of benzene rings is 1. The van der Waals surface area contributed by atoms with Gasteiger partial charge in [0.25, 0.3) is 0 Å². The Balaban J connectivity index is 1.36. The monoisotopic (exact) mass is 523 g/mol. The maximum absolute atomic E-state index is 13.0. The number of hydrogen-bond acceptors (Lipinski definition) is 5. The average Bonchev–Trinajstić information content (AvgIpc) is 3.44. The second kappa shape index (κ2) is 6.78. The molecule has 3 aliphatic rings. The van der Waals surface area contributed by atoms with Crippen molar-refractivity contribution in [3.05, 3.63) is 46.7 Å². The molecule has 2 heterocycles. The zero-order valence-corrected chi connectivity index (χ0v) is 18.4. The minimum atomic E-state index is -0.422. The van der Waals surface area contributed by atoms with E-state index in [0.29, 0.717) is 16.3 Å². The van der Waals surface area contributed by atoms with Crippen LogP contribution in [0.25, 0.3) is 0 Å². The molecule has 6 atom stereocenters. The van der Waals surface area contributed by atoms with E-state index >= 15 is 0 Å². The number of rotatable bonds is 3. The first-order valence-electron chi connectivity index (χ1n) is 8.99. The second-order valence-electron chi connectivity index (χ2n) is 7.38. The number of esters is 1. The highest BCUT2D eigenvalue weighted by atomic mass is 79.9. The molecule has 2 amide bonds. The number of fused-ring (bicyclic) bond motifs is 5. The lowest BCUT2D eigenvalue weighted by atomic mass is 9.81. The van der Waals surface area contributed by atoms with Gasteiger partial charge in [-0.1, -0.05) is 37.9 Å². The summed E-state index contributed by atoms with van der Waals surface area (Å²) in [5.41, 5.74) is 0.525. The van der Waals surface area contributed by atoms with E-state index in [0.717, 1.165) is 6.42 Å². The molecule has 0 N–H and O–H groups in total. The number of hydrogen-bond donors (Lipinski definition) is 0. The van der Waals surface area contributed by atoms with Crippen LogP contribution in [0.1, 0.15) is 16.1 Å². The molecule has 5 nitrogen and oxygen atoms in total. The fraction of sp³-hybridized carbons (Fsp3) is 0.350. The van der Waals surface area contributed by atoms with Crippen molar-refractivity contribution in [1.82, 2.24) is 0 Å². The molecule has 144 valence electrons. The quantitative estimate of drug-likeness (QED) is 0.260. The van der Waals surface area contributed by atoms with Crippen LogP contribution in [0, 0.1) is 23.7 Å². The van der Waals surface area contributed by atoms with Crippen molar-refractivity contribution in [1.29, 1.82) is 0 Å². The van der Waals surface area contributed by atoms with Gasteiger partial charge in [0.15, 0.2) is 0 Å². The summed E-state index contributed by atoms with van der Waals surface area (Å²) in [6.45, 7) is 0. The predicted octanol–water partition coefficient (Wildman–Crippen LogP) is 4.25. The number of anilines is 1. The topological polar surface area (TPSA) is 63.7 Å². The number of alkyl halides is 2. The van der Waals surface area contributed by atoms with E-state index in [9.17, 15) is 14.4 Å². The second-order valence-corrected chi connectivity index (χ2v) is 10.4. The highest BCUT2D eigenvalue weighted by Gasteiger charge is 2.66. The molecule has 3 fully saturated rings. The molecule has 2 bridgehead atoms. The predicted molar refractivity (Wildman–Crippen MR) is 112 cm³/mol. The van der Waals surface area contributed by atoms with E-state index in [2.05, 4.69) is 31.9 Å². The van der Waals surface area contributed by atoms with E-state index in [-0.39, 0.29) is 45.1 Å². The summed E-state index contributed by atoms with van der Waals surface area (Å²) < 4.78 is 5.35. The Morgan fingerprint density at radius 1 is 1.00 bits per heavy atom. The number of nitrogens with zero attached hydrogens (tertiary/aromatic N) is 1. The van der Waals surface area contributed by atoms with E-state index < -0.39 is 5.97 Å². The summed E-state index contributed by atoms with van der Waals surface area (Å²) in [6.07, 6.45) is 0.907. The maximum Gasteiger partial charge on any atom is 0.353 e. The molecule has 1 saturated heterocycles. The number of imide groups is 1. The Labute approximate surface area is 182 Å². The summed E-state index contributed by atoms with van der Waals surface area (Å²) in [6, 6.07) is 10.0. The van der Waals surface area contributed by atoms with Crippen LogP contribution in [0.2, 0.25) is 0 Å². The minimum absolute atomic E-state index is 0.116. The van der Waals surface area contributed by atoms with Crippen LogP contribution < -0.4 is 9.64 Å². The molecule has 2 saturated carbocycles. The Hall–Kier alpha value is -1.51. The molecule has 5 rings (SSSR count). The van der Waals surface area contributed by atoms with Crippen molar-refractivity contribution in [2.45, 2.75) is 16.1 Å². The lowest BCUT2D eigenvalue weighted by Gasteiger charge is -2.28. The van der Waals surface area contributed by atoms with Crippen molar-refractivity contribution in [3.8, 4) is 5.75 Å². The summed E-state index contributed by atoms with van der Waals surface area (Å²) in [7, 11) is 0. The summed E-state index contributed by atoms with van der Waals surface area (Å²) in [5.74, 6) is -0.390. The summed E-state index contributed by atoms with van der Waals surface area (Å²) in [5, 5.41) is 1.81. The molecule has 28 heavy (non-hydrogen) atoms. The molecule has 1 aromatic carbocycles. The van der Waals surface area contributed by atoms with E-state index in [1.807, 2.05) is 5.38 Å². The fourth-order valence-electron chi connectivity index (χ4n) is 4.82. The Morgan fingerprint density at radius 3 is 2.14 bits per heavy atom. The van der Waals surface area contributed by atoms with Gasteiger partial charge < -0.3 is 4.74 Å². The zero-order chi connectivity index (χ0) is 19.6. The molecule has 2 aliphatic carbocycles. The van der Waals surface area contributed by atoms with Crippen LogP contribution in [-0.2, 0) is 9.59 Å². The summed E-state index contributed by atoms with van der Waals surface area (Å²) >= 11 is 8.70. The van der Waals surface area contributed by atoms with Gasteiger partial charge in [-0.05, 0) is 54.0 Å². The van der Waals surface area contributed by atoms with Crippen molar-refractivity contribution >= 4 is 66.7 Å². The molecule has 1 aliphatic heterocycles. The third-order valence-electron chi connectivity index (χ3n) is 6.01. The smallest absolute Gasteiger partial charge is 0.353 e. The molecular formula is C20H15Br2NO4S. The third kappa shape index (κ3) is 2.64. The molecule has 8 heteroatoms. The number of carbonyl (C=O) groups excluding carboxylic acids is 3. The van der Waals surface area contributed by atoms with Gasteiger partial charge >= 0.3 is 5.97 Å². The Morgan fingerprint density at radius 2 is 1.61 bits per heavy atom. The average molecular weight is 525 g/mol. The first-order valence-corrected chi connectivity index (χ1v) is 11.7. The fourth-order valence-corrected chi connectivity index (χ4v) is 7.29. The Bertz CT molecular complexity index is 929. The highest BCUT2D eigenvalue weighted by molar-refractivity contribution is 9.12. The van der Waals surface area contributed by atoms with Gasteiger partial charge in [-0.25, -0.2) is 4.79 Å². The number of halogens is 2. The lowest BCUT2D eigenvalue weighted by molar-refractivity contribution is -0.123. The largest absolute Gasteiger partial charge is 0.422 e. The van der Waals surface area contributed by atoms with Gasteiger partial charge in [0.05, 0.1) is 17.5 Å². The molecule has 2 aromatic rings. The zero-order valence-electron chi connectivity index (χ0n) is 14.5. The highest BCUT2D eigenvalue weighted by Crippen LogP contribution is 2.60. The number of amides is 2. The van der Waals surface area contributed by atoms with Crippen molar-refractivity contribution < 1.29 is 19.1 Å². The van der Waals surface area contributed by atoms with Gasteiger partial charge in [0.1, 0.15) is 10.6 Å². The van der Waals surface area contributed by atoms with Crippen LogP contribution in [0.5, 0.6) is 5.75 Å². The molecule has 1 aromatic heterocycles. The minimum Gasteiger partial charge on any atom is -0.422 e. The number of carbonyl (C=O) groups is 3. The third-order valence-corrected chi connectivity index (χ3v) is 10.1. The standard InChI is InChI=1S/C20H15Br2NO4S/c21-16-11-8-12(17(16)22)15-14(11)18(24)23(19(15)25)9-3-5-10(6-4-9)27-20(26)13-2-1-7-28-13/h1-7,11-12,14-17H,8H2. The first kappa shape index (κ1) is 18.5. The van der Waals surface area contributed by atoms with Gasteiger partial charge in [0, 0.05) is 9.65 Å². The van der Waals surface area contributed by atoms with Crippen LogP contribution in [0.3, 0.4) is 0 Å². The number of ether oxygens (including phenoxy) is 1. The van der Waals surface area contributed by atoms with Crippen LogP contribution >= 0.6 is 43.2 Å². The SMILES string of the molecule is O=C(Oc1ccc(N2C(=O)C3C4CC(C(Br)C4Br)C3C2=O)cc1)c1cccs1. The van der Waals surface area contributed by atoms with Gasteiger partial charge in [-0.3, -0.25) is 14.5 Å². The van der Waals surface area contributed by atoms with Crippen LogP contribution in [0.15, 0.2) is 41.8 Å². The Kier molecular flexibility index (Phi) is 4.48. The number of thiophene rings is 1. The first-order chi connectivity index (χ1) is 13.5. The van der Waals surface area contributed by atoms with Gasteiger partial charge in [-0.15, -0.1) is 11.3 Å². The van der Waals surface area contributed by atoms with Crippen molar-refractivity contribution in [2.75, 3.05) is 4.90 Å². The van der Waals surface area contributed by atoms with Crippen LogP contribution in [-0.4, -0.2) is 27.4 Å². The summed E-state index contributed by atoms with van der Waals surface area (Å²) in [4.78, 5) is 40.4. The van der Waals surface area contributed by atoms with E-state index in [1.165, 1.54) is 16.2 Å². The molecular weight excluding hydrogens is 510 g/mol. The molecule has 0 spiro atoms. The van der Waals surface area contributed by atoms with Crippen LogP contribution in [0.4, 0.5) is 5.69 Å². The van der Waals surface area contributed by atoms with Crippen molar-refractivity contribution in [3.63, 3.8) is 0 Å². The van der Waals surface area contributed by atoms with Gasteiger partial charge in [0.2, 0.25) is 11.8 Å². The van der Waals surface area contributed by atoms with E-state index in [1.54, 1.807) is 36.4 Å². The molecule has 0 radical (unpaired) electrons. The molecule has 6 unspecified atom stereocenters. The maximum atomic E-state index is 13.0. The lowest BCUT2D eigenvalue weighted by Crippen LogP contribution is -2.37. The van der Waals surface area contributed by atoms with E-state index in [4.69, 9.17) is 4.74 Å². The normalized spacial score (nSPS) is 33.4. The van der Waals surface area contributed by atoms with Crippen molar-refractivity contribution in [2.24, 2.45) is 23.7 Å². The van der Waals surface area contributed by atoms with Gasteiger partial charge in [-0.2, -0.15) is 0 Å².